The van der Waals surface area contributed by atoms with Crippen molar-refractivity contribution in [2.24, 2.45) is 0 Å². The van der Waals surface area contributed by atoms with Gasteiger partial charge in [-0.15, -0.1) is 0 Å². The summed E-state index contributed by atoms with van der Waals surface area (Å²) in [4.78, 5) is 20.0. The number of carbonyl (C=O) groups is 1. The number of anilines is 1. The standard InChI is InChI=1S/C13H21ClN4O/c1-5-10-17-12(14)9(4)13(18-10)15-7-6-11(19)16-8(2)3/h8H,5-7H2,1-4H3,(H,16,19)(H,15,17,18). The quantitative estimate of drug-likeness (QED) is 0.787. The fraction of sp³-hybridized carbons (Fsp3) is 0.615. The molecule has 0 aliphatic rings. The highest BCUT2D eigenvalue weighted by molar-refractivity contribution is 6.30. The molecule has 0 spiro atoms. The van der Waals surface area contributed by atoms with Gasteiger partial charge in [0.15, 0.2) is 0 Å². The van der Waals surface area contributed by atoms with Gasteiger partial charge >= 0.3 is 0 Å². The van der Waals surface area contributed by atoms with Crippen LogP contribution < -0.4 is 10.6 Å². The molecular weight excluding hydrogens is 264 g/mol. The fourth-order valence-corrected chi connectivity index (χ4v) is 1.74. The van der Waals surface area contributed by atoms with Crippen LogP contribution in [-0.4, -0.2) is 28.5 Å². The molecule has 0 aromatic carbocycles. The summed E-state index contributed by atoms with van der Waals surface area (Å²) in [7, 11) is 0. The number of aryl methyl sites for hydroxylation is 1. The summed E-state index contributed by atoms with van der Waals surface area (Å²) >= 11 is 6.04. The molecule has 1 heterocycles. The molecule has 1 amide bonds. The summed E-state index contributed by atoms with van der Waals surface area (Å²) in [5.74, 6) is 1.43. The fourth-order valence-electron chi connectivity index (χ4n) is 1.55. The van der Waals surface area contributed by atoms with Crippen molar-refractivity contribution in [1.82, 2.24) is 15.3 Å². The van der Waals surface area contributed by atoms with Crippen LogP contribution in [0.5, 0.6) is 0 Å². The van der Waals surface area contributed by atoms with Gasteiger partial charge in [0, 0.05) is 31.0 Å². The maximum absolute atomic E-state index is 11.5. The molecule has 1 aromatic rings. The highest BCUT2D eigenvalue weighted by atomic mass is 35.5. The lowest BCUT2D eigenvalue weighted by molar-refractivity contribution is -0.121. The van der Waals surface area contributed by atoms with Crippen molar-refractivity contribution in [3.05, 3.63) is 16.5 Å². The number of amides is 1. The van der Waals surface area contributed by atoms with Crippen LogP contribution in [0.2, 0.25) is 5.15 Å². The average Bonchev–Trinajstić information content (AvgIpc) is 2.33. The van der Waals surface area contributed by atoms with E-state index in [-0.39, 0.29) is 11.9 Å². The van der Waals surface area contributed by atoms with Crippen molar-refractivity contribution in [2.75, 3.05) is 11.9 Å². The van der Waals surface area contributed by atoms with Gasteiger partial charge in [0.1, 0.15) is 16.8 Å². The van der Waals surface area contributed by atoms with Crippen molar-refractivity contribution >= 4 is 23.3 Å². The Kier molecular flexibility index (Phi) is 6.02. The molecular formula is C13H21ClN4O. The van der Waals surface area contributed by atoms with Gasteiger partial charge in [0.05, 0.1) is 0 Å². The summed E-state index contributed by atoms with van der Waals surface area (Å²) in [6, 6.07) is 0.162. The van der Waals surface area contributed by atoms with Crippen LogP contribution in [0.1, 0.15) is 38.6 Å². The third-order valence-electron chi connectivity index (χ3n) is 2.54. The predicted octanol–water partition coefficient (Wildman–Crippen LogP) is 2.33. The van der Waals surface area contributed by atoms with E-state index in [2.05, 4.69) is 20.6 Å². The molecule has 0 saturated heterocycles. The van der Waals surface area contributed by atoms with Crippen molar-refractivity contribution in [3.8, 4) is 0 Å². The number of hydrogen-bond acceptors (Lipinski definition) is 4. The first-order valence-electron chi connectivity index (χ1n) is 6.50. The normalized spacial score (nSPS) is 10.6. The molecule has 0 fully saturated rings. The van der Waals surface area contributed by atoms with Gasteiger partial charge in [-0.05, 0) is 20.8 Å². The number of hydrogen-bond donors (Lipinski definition) is 2. The van der Waals surface area contributed by atoms with Crippen molar-refractivity contribution in [2.45, 2.75) is 46.6 Å². The summed E-state index contributed by atoms with van der Waals surface area (Å²) < 4.78 is 0. The van der Waals surface area contributed by atoms with Crippen molar-refractivity contribution in [1.29, 1.82) is 0 Å². The first kappa shape index (κ1) is 15.7. The largest absolute Gasteiger partial charge is 0.369 e. The number of carbonyl (C=O) groups excluding carboxylic acids is 1. The van der Waals surface area contributed by atoms with Crippen LogP contribution in [-0.2, 0) is 11.2 Å². The van der Waals surface area contributed by atoms with Gasteiger partial charge in [-0.25, -0.2) is 9.97 Å². The number of rotatable bonds is 6. The van der Waals surface area contributed by atoms with Crippen molar-refractivity contribution < 1.29 is 4.79 Å². The van der Waals surface area contributed by atoms with E-state index in [9.17, 15) is 4.79 Å². The molecule has 0 saturated carbocycles. The third kappa shape index (κ3) is 5.03. The van der Waals surface area contributed by atoms with Gasteiger partial charge < -0.3 is 10.6 Å². The first-order valence-corrected chi connectivity index (χ1v) is 6.88. The molecule has 106 valence electrons. The lowest BCUT2D eigenvalue weighted by Crippen LogP contribution is -2.31. The van der Waals surface area contributed by atoms with Crippen molar-refractivity contribution in [3.63, 3.8) is 0 Å². The predicted molar refractivity (Wildman–Crippen MR) is 77.5 cm³/mol. The number of aromatic nitrogens is 2. The Morgan fingerprint density at radius 2 is 2.05 bits per heavy atom. The summed E-state index contributed by atoms with van der Waals surface area (Å²) in [5, 5.41) is 6.44. The minimum atomic E-state index is 0.0241. The smallest absolute Gasteiger partial charge is 0.221 e. The SMILES string of the molecule is CCc1nc(Cl)c(C)c(NCCC(=O)NC(C)C)n1. The van der Waals surface area contributed by atoms with Crippen LogP contribution in [0.4, 0.5) is 5.82 Å². The molecule has 0 unspecified atom stereocenters. The maximum atomic E-state index is 11.5. The molecule has 0 atom stereocenters. The minimum Gasteiger partial charge on any atom is -0.369 e. The lowest BCUT2D eigenvalue weighted by atomic mass is 10.3. The monoisotopic (exact) mass is 284 g/mol. The van der Waals surface area contributed by atoms with E-state index in [0.717, 1.165) is 12.0 Å². The lowest BCUT2D eigenvalue weighted by Gasteiger charge is -2.12. The van der Waals surface area contributed by atoms with E-state index < -0.39 is 0 Å². The zero-order chi connectivity index (χ0) is 14.4. The molecule has 1 aromatic heterocycles. The molecule has 6 heteroatoms. The number of halogens is 1. The minimum absolute atomic E-state index is 0.0241. The first-order chi connectivity index (χ1) is 8.93. The van der Waals surface area contributed by atoms with Crippen LogP contribution in [0.3, 0.4) is 0 Å². The van der Waals surface area contributed by atoms with Crippen LogP contribution in [0.15, 0.2) is 0 Å². The molecule has 2 N–H and O–H groups in total. The zero-order valence-electron chi connectivity index (χ0n) is 11.9. The van der Waals surface area contributed by atoms with Gasteiger partial charge in [-0.2, -0.15) is 0 Å². The highest BCUT2D eigenvalue weighted by Gasteiger charge is 2.09. The Hall–Kier alpha value is -1.36. The van der Waals surface area contributed by atoms with E-state index in [0.29, 0.717) is 29.8 Å². The van der Waals surface area contributed by atoms with E-state index in [1.54, 1.807) is 0 Å². The molecule has 0 aliphatic carbocycles. The second-order valence-electron chi connectivity index (χ2n) is 4.66. The van der Waals surface area contributed by atoms with Gasteiger partial charge in [0.25, 0.3) is 0 Å². The number of nitrogens with one attached hydrogen (secondary N) is 2. The zero-order valence-corrected chi connectivity index (χ0v) is 12.6. The Morgan fingerprint density at radius 1 is 1.37 bits per heavy atom. The van der Waals surface area contributed by atoms with E-state index in [4.69, 9.17) is 11.6 Å². The number of nitrogens with zero attached hydrogens (tertiary/aromatic N) is 2. The summed E-state index contributed by atoms with van der Waals surface area (Å²) in [6.07, 6.45) is 1.13. The molecule has 1 rings (SSSR count). The molecule has 19 heavy (non-hydrogen) atoms. The Bertz CT molecular complexity index is 449. The topological polar surface area (TPSA) is 66.9 Å². The van der Waals surface area contributed by atoms with E-state index in [1.165, 1.54) is 0 Å². The van der Waals surface area contributed by atoms with Crippen LogP contribution in [0, 0.1) is 6.92 Å². The summed E-state index contributed by atoms with van der Waals surface area (Å²) in [5.41, 5.74) is 0.808. The van der Waals surface area contributed by atoms with Crippen LogP contribution >= 0.6 is 11.6 Å². The molecule has 5 nitrogen and oxygen atoms in total. The molecule has 0 radical (unpaired) electrons. The maximum Gasteiger partial charge on any atom is 0.221 e. The van der Waals surface area contributed by atoms with Gasteiger partial charge in [0.2, 0.25) is 5.91 Å². The van der Waals surface area contributed by atoms with Gasteiger partial charge in [-0.3, -0.25) is 4.79 Å². The van der Waals surface area contributed by atoms with Gasteiger partial charge in [-0.1, -0.05) is 18.5 Å². The van der Waals surface area contributed by atoms with Crippen LogP contribution in [0.25, 0.3) is 0 Å². The Labute approximate surface area is 119 Å². The molecule has 0 aliphatic heterocycles. The Morgan fingerprint density at radius 3 is 2.63 bits per heavy atom. The molecule has 0 bridgehead atoms. The Balaban J connectivity index is 2.58. The second-order valence-corrected chi connectivity index (χ2v) is 5.01. The summed E-state index contributed by atoms with van der Waals surface area (Å²) in [6.45, 7) is 8.23. The average molecular weight is 285 g/mol. The van der Waals surface area contributed by atoms with E-state index in [1.807, 2.05) is 27.7 Å². The second kappa shape index (κ2) is 7.28. The van der Waals surface area contributed by atoms with E-state index >= 15 is 0 Å². The highest BCUT2D eigenvalue weighted by Crippen LogP contribution is 2.19. The third-order valence-corrected chi connectivity index (χ3v) is 2.91.